The number of hydrogen-bond donors (Lipinski definition) is 0. The zero-order valence-corrected chi connectivity index (χ0v) is 8.84. The molecule has 0 aromatic carbocycles. The Hall–Kier alpha value is -1.08. The number of hydrogen-bond acceptors (Lipinski definition) is 2. The van der Waals surface area contributed by atoms with E-state index in [9.17, 15) is 0 Å². The van der Waals surface area contributed by atoms with Crippen molar-refractivity contribution >= 4 is 21.6 Å². The van der Waals surface area contributed by atoms with Gasteiger partial charge < -0.3 is 4.74 Å². The Kier molecular flexibility index (Phi) is 3.71. The van der Waals surface area contributed by atoms with Crippen LogP contribution in [0.25, 0.3) is 4.85 Å². The lowest BCUT2D eigenvalue weighted by Crippen LogP contribution is -1.93. The topological polar surface area (TPSA) is 26.5 Å². The molecule has 1 heterocycles. The van der Waals surface area contributed by atoms with Crippen LogP contribution in [0.15, 0.2) is 12.3 Å². The van der Waals surface area contributed by atoms with Crippen LogP contribution in [0, 0.1) is 6.57 Å². The summed E-state index contributed by atoms with van der Waals surface area (Å²) in [5, 5.41) is 0.672. The molecule has 1 rings (SSSR count). The third kappa shape index (κ3) is 2.43. The minimum atomic E-state index is 0.464. The fourth-order valence-electron chi connectivity index (χ4n) is 0.898. The van der Waals surface area contributed by atoms with Gasteiger partial charge in [-0.05, 0) is 13.0 Å². The van der Waals surface area contributed by atoms with Crippen LogP contribution < -0.4 is 4.74 Å². The van der Waals surface area contributed by atoms with Crippen molar-refractivity contribution in [1.82, 2.24) is 4.98 Å². The summed E-state index contributed by atoms with van der Waals surface area (Å²) in [6.45, 7) is 9.34. The number of rotatable bonds is 3. The zero-order chi connectivity index (χ0) is 9.68. The molecule has 0 atom stereocenters. The Bertz CT molecular complexity index is 333. The van der Waals surface area contributed by atoms with Crippen LogP contribution in [-0.2, 0) is 5.33 Å². The highest BCUT2D eigenvalue weighted by Crippen LogP contribution is 2.27. The van der Waals surface area contributed by atoms with Crippen LogP contribution in [0.1, 0.15) is 12.6 Å². The largest absolute Gasteiger partial charge is 0.505 e. The Labute approximate surface area is 85.7 Å². The molecule has 68 valence electrons. The molecular formula is C9H9BrN2O. The zero-order valence-electron chi connectivity index (χ0n) is 7.25. The molecule has 13 heavy (non-hydrogen) atoms. The highest BCUT2D eigenvalue weighted by molar-refractivity contribution is 9.08. The first-order chi connectivity index (χ1) is 6.31. The number of halogens is 1. The molecule has 0 radical (unpaired) electrons. The molecule has 0 amide bonds. The summed E-state index contributed by atoms with van der Waals surface area (Å²) in [4.78, 5) is 7.38. The van der Waals surface area contributed by atoms with E-state index < -0.39 is 0 Å². The van der Waals surface area contributed by atoms with Crippen molar-refractivity contribution in [3.63, 3.8) is 0 Å². The van der Waals surface area contributed by atoms with Gasteiger partial charge in [-0.25, -0.2) is 4.85 Å². The maximum Gasteiger partial charge on any atom is 0.245 e. The van der Waals surface area contributed by atoms with E-state index in [4.69, 9.17) is 11.3 Å². The van der Waals surface area contributed by atoms with E-state index in [1.807, 2.05) is 6.92 Å². The van der Waals surface area contributed by atoms with Gasteiger partial charge >= 0.3 is 0 Å². The Morgan fingerprint density at radius 2 is 2.46 bits per heavy atom. The molecule has 3 nitrogen and oxygen atoms in total. The van der Waals surface area contributed by atoms with Gasteiger partial charge in [0.25, 0.3) is 0 Å². The second-order valence-corrected chi connectivity index (χ2v) is 2.88. The van der Waals surface area contributed by atoms with Crippen molar-refractivity contribution in [2.75, 3.05) is 6.61 Å². The molecule has 0 aliphatic heterocycles. The van der Waals surface area contributed by atoms with Crippen molar-refractivity contribution < 1.29 is 4.74 Å². The summed E-state index contributed by atoms with van der Waals surface area (Å²) < 4.78 is 5.30. The number of ether oxygens (including phenoxy) is 1. The van der Waals surface area contributed by atoms with E-state index in [0.29, 0.717) is 23.4 Å². The second kappa shape index (κ2) is 4.83. The lowest BCUT2D eigenvalue weighted by atomic mass is 10.3. The van der Waals surface area contributed by atoms with E-state index in [1.54, 1.807) is 6.07 Å². The van der Waals surface area contributed by atoms with Crippen LogP contribution in [-0.4, -0.2) is 11.6 Å². The third-order valence-corrected chi connectivity index (χ3v) is 2.03. The summed E-state index contributed by atoms with van der Waals surface area (Å²) in [7, 11) is 0. The van der Waals surface area contributed by atoms with Crippen molar-refractivity contribution in [3.05, 3.63) is 29.4 Å². The Balaban J connectivity index is 3.04. The molecule has 0 fully saturated rings. The van der Waals surface area contributed by atoms with Gasteiger partial charge in [0.15, 0.2) is 0 Å². The minimum absolute atomic E-state index is 0.464. The van der Waals surface area contributed by atoms with Gasteiger partial charge in [0.05, 0.1) is 18.9 Å². The van der Waals surface area contributed by atoms with E-state index in [-0.39, 0.29) is 0 Å². The van der Waals surface area contributed by atoms with Crippen LogP contribution in [0.3, 0.4) is 0 Å². The van der Waals surface area contributed by atoms with Crippen LogP contribution in [0.2, 0.25) is 0 Å². The van der Waals surface area contributed by atoms with Gasteiger partial charge in [0.2, 0.25) is 5.69 Å². The average Bonchev–Trinajstić information content (AvgIpc) is 2.18. The average molecular weight is 241 g/mol. The standard InChI is InChI=1S/C9H9BrN2O/c1-3-13-9-4-7(5-10)12-6-8(9)11-2/h4,6H,3,5H2,1H3. The van der Waals surface area contributed by atoms with Gasteiger partial charge in [-0.1, -0.05) is 15.9 Å². The van der Waals surface area contributed by atoms with Crippen LogP contribution >= 0.6 is 15.9 Å². The number of pyridine rings is 1. The molecule has 0 aliphatic rings. The molecule has 0 spiro atoms. The molecule has 0 aliphatic carbocycles. The molecule has 0 bridgehead atoms. The maximum absolute atomic E-state index is 6.88. The first-order valence-electron chi connectivity index (χ1n) is 3.87. The maximum atomic E-state index is 6.88. The van der Waals surface area contributed by atoms with Gasteiger partial charge in [0.1, 0.15) is 5.75 Å². The van der Waals surface area contributed by atoms with E-state index in [1.165, 1.54) is 6.20 Å². The van der Waals surface area contributed by atoms with E-state index >= 15 is 0 Å². The summed E-state index contributed by atoms with van der Waals surface area (Å²) >= 11 is 3.29. The Morgan fingerprint density at radius 3 is 3.00 bits per heavy atom. The predicted molar refractivity (Wildman–Crippen MR) is 54.3 cm³/mol. The van der Waals surface area contributed by atoms with Crippen molar-refractivity contribution in [2.24, 2.45) is 0 Å². The quantitative estimate of drug-likeness (QED) is 0.600. The smallest absolute Gasteiger partial charge is 0.245 e. The summed E-state index contributed by atoms with van der Waals surface area (Å²) in [5.41, 5.74) is 1.34. The molecule has 0 saturated carbocycles. The molecule has 4 heteroatoms. The van der Waals surface area contributed by atoms with Crippen molar-refractivity contribution in [3.8, 4) is 5.75 Å². The highest BCUT2D eigenvalue weighted by atomic mass is 79.9. The highest BCUT2D eigenvalue weighted by Gasteiger charge is 2.04. The lowest BCUT2D eigenvalue weighted by Gasteiger charge is -2.05. The van der Waals surface area contributed by atoms with Gasteiger partial charge in [-0.15, -0.1) is 0 Å². The minimum Gasteiger partial charge on any atom is -0.505 e. The predicted octanol–water partition coefficient (Wildman–Crippen LogP) is 2.93. The van der Waals surface area contributed by atoms with Gasteiger partial charge in [-0.3, -0.25) is 4.98 Å². The van der Waals surface area contributed by atoms with Crippen molar-refractivity contribution in [2.45, 2.75) is 12.3 Å². The molecular weight excluding hydrogens is 232 g/mol. The van der Waals surface area contributed by atoms with Gasteiger partial charge in [-0.2, -0.15) is 0 Å². The van der Waals surface area contributed by atoms with E-state index in [0.717, 1.165) is 5.69 Å². The number of nitrogens with zero attached hydrogens (tertiary/aromatic N) is 2. The summed E-state index contributed by atoms with van der Waals surface area (Å²) in [6, 6.07) is 1.78. The first kappa shape index (κ1) is 10.0. The van der Waals surface area contributed by atoms with E-state index in [2.05, 4.69) is 25.8 Å². The second-order valence-electron chi connectivity index (χ2n) is 2.32. The number of aromatic nitrogens is 1. The SMILES string of the molecule is [C-]#[N+]c1cnc(CBr)cc1OCC. The fourth-order valence-corrected chi connectivity index (χ4v) is 1.21. The van der Waals surface area contributed by atoms with Crippen LogP contribution in [0.5, 0.6) is 5.75 Å². The first-order valence-corrected chi connectivity index (χ1v) is 4.99. The Morgan fingerprint density at radius 1 is 1.69 bits per heavy atom. The molecule has 0 N–H and O–H groups in total. The molecule has 0 unspecified atom stereocenters. The summed E-state index contributed by atoms with van der Waals surface area (Å²) in [5.74, 6) is 0.613. The monoisotopic (exact) mass is 240 g/mol. The third-order valence-electron chi connectivity index (χ3n) is 1.46. The normalized spacial score (nSPS) is 9.31. The van der Waals surface area contributed by atoms with Crippen molar-refractivity contribution in [1.29, 1.82) is 0 Å². The molecule has 1 aromatic heterocycles. The van der Waals surface area contributed by atoms with Crippen LogP contribution in [0.4, 0.5) is 5.69 Å². The molecule has 1 aromatic rings. The fraction of sp³-hybridized carbons (Fsp3) is 0.333. The van der Waals surface area contributed by atoms with Gasteiger partial charge in [0, 0.05) is 11.5 Å². The number of alkyl halides is 1. The molecule has 0 saturated heterocycles. The lowest BCUT2D eigenvalue weighted by molar-refractivity contribution is 0.342. The summed E-state index contributed by atoms with van der Waals surface area (Å²) in [6.07, 6.45) is 1.54.